The van der Waals surface area contributed by atoms with Crippen molar-refractivity contribution in [2.75, 3.05) is 26.8 Å². The number of thiophene rings is 1. The van der Waals surface area contributed by atoms with E-state index in [-0.39, 0.29) is 0 Å². The Morgan fingerprint density at radius 3 is 2.85 bits per heavy atom. The van der Waals surface area contributed by atoms with E-state index in [1.54, 1.807) is 10.4 Å². The summed E-state index contributed by atoms with van der Waals surface area (Å²) < 4.78 is 33.3. The van der Waals surface area contributed by atoms with Crippen molar-refractivity contribution in [2.24, 2.45) is 0 Å². The molecule has 2 heterocycles. The zero-order valence-electron chi connectivity index (χ0n) is 11.8. The molecule has 1 saturated heterocycles. The Hall–Kier alpha value is 0.01000. The van der Waals surface area contributed by atoms with Crippen LogP contribution in [0.3, 0.4) is 0 Å². The Morgan fingerprint density at radius 1 is 1.55 bits per heavy atom. The summed E-state index contributed by atoms with van der Waals surface area (Å²) in [5.74, 6) is 0. The fourth-order valence-electron chi connectivity index (χ4n) is 2.24. The second-order valence-corrected chi connectivity index (χ2v) is 9.61. The summed E-state index contributed by atoms with van der Waals surface area (Å²) in [4.78, 5) is 1.34. The summed E-state index contributed by atoms with van der Waals surface area (Å²) in [6, 6.07) is 1.74. The Balaban J connectivity index is 2.39. The van der Waals surface area contributed by atoms with Crippen LogP contribution in [0.15, 0.2) is 14.7 Å². The largest absolute Gasteiger partial charge is 0.378 e. The number of nitrogens with zero attached hydrogens (tertiary/aromatic N) is 1. The van der Waals surface area contributed by atoms with Crippen LogP contribution in [0, 0.1) is 0 Å². The van der Waals surface area contributed by atoms with Crippen LogP contribution in [0.2, 0.25) is 0 Å². The second kappa shape index (κ2) is 6.02. The van der Waals surface area contributed by atoms with E-state index in [1.807, 2.05) is 20.9 Å². The smallest absolute Gasteiger partial charge is 0.245 e. The summed E-state index contributed by atoms with van der Waals surface area (Å²) in [5.41, 5.74) is -0.526. The van der Waals surface area contributed by atoms with Crippen LogP contribution < -0.4 is 5.32 Å². The first kappa shape index (κ1) is 16.4. The normalized spacial score (nSPS) is 20.2. The number of hydrogen-bond donors (Lipinski definition) is 1. The van der Waals surface area contributed by atoms with Gasteiger partial charge < -0.3 is 10.1 Å². The van der Waals surface area contributed by atoms with Gasteiger partial charge in [-0.3, -0.25) is 0 Å². The summed E-state index contributed by atoms with van der Waals surface area (Å²) in [6.45, 7) is 5.67. The average molecular weight is 383 g/mol. The minimum atomic E-state index is -3.51. The highest BCUT2D eigenvalue weighted by Gasteiger charge is 2.41. The highest BCUT2D eigenvalue weighted by molar-refractivity contribution is 9.11. The van der Waals surface area contributed by atoms with Crippen molar-refractivity contribution in [3.63, 3.8) is 0 Å². The van der Waals surface area contributed by atoms with Gasteiger partial charge in [-0.1, -0.05) is 0 Å². The first-order valence-electron chi connectivity index (χ1n) is 6.32. The Morgan fingerprint density at radius 2 is 2.25 bits per heavy atom. The van der Waals surface area contributed by atoms with Gasteiger partial charge in [0.2, 0.25) is 10.0 Å². The molecule has 20 heavy (non-hydrogen) atoms. The lowest BCUT2D eigenvalue weighted by Crippen LogP contribution is -2.55. The van der Waals surface area contributed by atoms with Crippen molar-refractivity contribution in [3.8, 4) is 0 Å². The number of morpholine rings is 1. The van der Waals surface area contributed by atoms with E-state index in [1.165, 1.54) is 11.3 Å². The summed E-state index contributed by atoms with van der Waals surface area (Å²) >= 11 is 4.83. The minimum Gasteiger partial charge on any atom is -0.378 e. The molecule has 5 nitrogen and oxygen atoms in total. The molecular weight excluding hydrogens is 364 g/mol. The van der Waals surface area contributed by atoms with Crippen molar-refractivity contribution in [3.05, 3.63) is 14.7 Å². The second-order valence-electron chi connectivity index (χ2n) is 5.32. The molecule has 0 saturated carbocycles. The molecule has 0 spiro atoms. The van der Waals surface area contributed by atoms with Gasteiger partial charge in [0.1, 0.15) is 4.90 Å². The molecule has 2 rings (SSSR count). The summed E-state index contributed by atoms with van der Waals surface area (Å²) in [5, 5.41) is 3.03. The molecule has 0 aromatic carbocycles. The molecule has 1 aliphatic heterocycles. The van der Waals surface area contributed by atoms with E-state index in [0.29, 0.717) is 35.0 Å². The van der Waals surface area contributed by atoms with Gasteiger partial charge in [0, 0.05) is 18.0 Å². The Labute approximate surface area is 132 Å². The van der Waals surface area contributed by atoms with E-state index >= 15 is 0 Å². The molecule has 0 radical (unpaired) electrons. The van der Waals surface area contributed by atoms with E-state index in [9.17, 15) is 8.42 Å². The van der Waals surface area contributed by atoms with Crippen molar-refractivity contribution < 1.29 is 13.2 Å². The third kappa shape index (κ3) is 3.10. The monoisotopic (exact) mass is 382 g/mol. The summed E-state index contributed by atoms with van der Waals surface area (Å²) in [7, 11) is -1.67. The molecule has 8 heteroatoms. The molecule has 0 bridgehead atoms. The SMILES string of the molecule is CNCc1cc(S(=O)(=O)N2CCOCC2(C)C)c(Br)s1. The van der Waals surface area contributed by atoms with E-state index in [4.69, 9.17) is 4.74 Å². The molecule has 1 fully saturated rings. The molecule has 1 aromatic heterocycles. The standard InChI is InChI=1S/C12H19BrN2O3S2/c1-12(2)8-18-5-4-15(12)20(16,17)10-6-9(7-14-3)19-11(10)13/h6,14H,4-5,7-8H2,1-3H3. The Kier molecular flexibility index (Phi) is 4.93. The maximum atomic E-state index is 12.9. The molecule has 1 aromatic rings. The molecule has 1 N–H and O–H groups in total. The molecular formula is C12H19BrN2O3S2. The zero-order valence-corrected chi connectivity index (χ0v) is 15.0. The van der Waals surface area contributed by atoms with Crippen LogP contribution in [-0.2, 0) is 21.3 Å². The Bertz CT molecular complexity index is 584. The number of rotatable bonds is 4. The van der Waals surface area contributed by atoms with Gasteiger partial charge in [0.25, 0.3) is 0 Å². The highest BCUT2D eigenvalue weighted by Crippen LogP contribution is 2.36. The van der Waals surface area contributed by atoms with Crippen molar-refractivity contribution >= 4 is 37.3 Å². The van der Waals surface area contributed by atoms with E-state index < -0.39 is 15.6 Å². The third-order valence-corrected chi connectivity index (χ3v) is 7.56. The summed E-state index contributed by atoms with van der Waals surface area (Å²) in [6.07, 6.45) is 0. The lowest BCUT2D eigenvalue weighted by atomic mass is 10.1. The number of nitrogens with one attached hydrogen (secondary N) is 1. The predicted octanol–water partition coefficient (Wildman–Crippen LogP) is 2.03. The van der Waals surface area contributed by atoms with Gasteiger partial charge in [-0.15, -0.1) is 11.3 Å². The zero-order chi connectivity index (χ0) is 15.0. The quantitative estimate of drug-likeness (QED) is 0.865. The van der Waals surface area contributed by atoms with Crippen molar-refractivity contribution in [1.29, 1.82) is 0 Å². The van der Waals surface area contributed by atoms with Crippen molar-refractivity contribution in [1.82, 2.24) is 9.62 Å². The first-order valence-corrected chi connectivity index (χ1v) is 9.37. The van der Waals surface area contributed by atoms with Crippen LogP contribution in [0.1, 0.15) is 18.7 Å². The lowest BCUT2D eigenvalue weighted by molar-refractivity contribution is -0.00771. The fourth-order valence-corrected chi connectivity index (χ4v) is 6.64. The van der Waals surface area contributed by atoms with Gasteiger partial charge in [-0.2, -0.15) is 4.31 Å². The molecule has 0 atom stereocenters. The topological polar surface area (TPSA) is 58.6 Å². The van der Waals surface area contributed by atoms with Crippen LogP contribution in [0.5, 0.6) is 0 Å². The van der Waals surface area contributed by atoms with Crippen LogP contribution in [-0.4, -0.2) is 45.1 Å². The highest BCUT2D eigenvalue weighted by atomic mass is 79.9. The van der Waals surface area contributed by atoms with Crippen LogP contribution >= 0.6 is 27.3 Å². The van der Waals surface area contributed by atoms with Crippen LogP contribution in [0.25, 0.3) is 0 Å². The number of hydrogen-bond acceptors (Lipinski definition) is 5. The number of halogens is 1. The van der Waals surface area contributed by atoms with Crippen molar-refractivity contribution in [2.45, 2.75) is 30.8 Å². The average Bonchev–Trinajstić information content (AvgIpc) is 2.70. The number of ether oxygens (including phenoxy) is 1. The molecule has 0 unspecified atom stereocenters. The maximum absolute atomic E-state index is 12.9. The number of sulfonamides is 1. The van der Waals surface area contributed by atoms with Gasteiger partial charge >= 0.3 is 0 Å². The minimum absolute atomic E-state index is 0.350. The first-order chi connectivity index (χ1) is 9.29. The predicted molar refractivity (Wildman–Crippen MR) is 83.6 cm³/mol. The molecule has 0 amide bonds. The third-order valence-electron chi connectivity index (χ3n) is 3.19. The van der Waals surface area contributed by atoms with Gasteiger partial charge in [0.05, 0.1) is 22.5 Å². The van der Waals surface area contributed by atoms with Gasteiger partial charge in [-0.25, -0.2) is 8.42 Å². The van der Waals surface area contributed by atoms with E-state index in [0.717, 1.165) is 4.88 Å². The van der Waals surface area contributed by atoms with Crippen LogP contribution in [0.4, 0.5) is 0 Å². The maximum Gasteiger partial charge on any atom is 0.245 e. The molecule has 114 valence electrons. The fraction of sp³-hybridized carbons (Fsp3) is 0.667. The lowest BCUT2D eigenvalue weighted by Gasteiger charge is -2.40. The molecule has 1 aliphatic rings. The van der Waals surface area contributed by atoms with Gasteiger partial charge in [-0.05, 0) is 42.9 Å². The molecule has 0 aliphatic carbocycles. The van der Waals surface area contributed by atoms with E-state index in [2.05, 4.69) is 21.2 Å². The van der Waals surface area contributed by atoms with Gasteiger partial charge in [0.15, 0.2) is 0 Å².